The minimum absolute atomic E-state index is 0.00468. The molecule has 2 atom stereocenters. The maximum absolute atomic E-state index is 13.0. The lowest BCUT2D eigenvalue weighted by Crippen LogP contribution is -2.52. The van der Waals surface area contributed by atoms with E-state index in [1.807, 2.05) is 0 Å². The van der Waals surface area contributed by atoms with E-state index in [4.69, 9.17) is 20.3 Å². The number of aromatic nitrogens is 5. The van der Waals surface area contributed by atoms with E-state index < -0.39 is 63.1 Å². The van der Waals surface area contributed by atoms with Crippen molar-refractivity contribution in [1.29, 1.82) is 0 Å². The van der Waals surface area contributed by atoms with Crippen LogP contribution in [0.25, 0.3) is 11.5 Å². The number of methoxy groups -OCH3 is 2. The number of rotatable bonds is 7. The molecular formula is C24H28N8O11. The number of aliphatic hydroxyl groups excluding tert-OH is 1. The minimum atomic E-state index is -1.17. The van der Waals surface area contributed by atoms with Gasteiger partial charge in [0.25, 0.3) is 22.6 Å². The van der Waals surface area contributed by atoms with Gasteiger partial charge in [0.1, 0.15) is 11.8 Å². The van der Waals surface area contributed by atoms with Gasteiger partial charge in [0, 0.05) is 33.9 Å². The van der Waals surface area contributed by atoms with Crippen molar-refractivity contribution in [2.24, 2.45) is 5.73 Å². The topological polar surface area (TPSA) is 292 Å². The molecule has 4 aromatic heterocycles. The van der Waals surface area contributed by atoms with E-state index in [9.17, 15) is 39.6 Å². The number of fused-ring (bicyclic) bond motifs is 1. The third-order valence-electron chi connectivity index (χ3n) is 6.64. The Morgan fingerprint density at radius 2 is 1.70 bits per heavy atom. The molecule has 0 radical (unpaired) electrons. The summed E-state index contributed by atoms with van der Waals surface area (Å²) in [4.78, 5) is 54.7. The monoisotopic (exact) mass is 604 g/mol. The Labute approximate surface area is 239 Å². The number of nitrogens with zero attached hydrogens (tertiary/aromatic N) is 3. The van der Waals surface area contributed by atoms with Crippen molar-refractivity contribution < 1.29 is 39.8 Å². The van der Waals surface area contributed by atoms with Gasteiger partial charge in [-0.2, -0.15) is 0 Å². The lowest BCUT2D eigenvalue weighted by molar-refractivity contribution is -0.168. The number of aromatic hydroxyl groups is 4. The van der Waals surface area contributed by atoms with Gasteiger partial charge in [-0.1, -0.05) is 0 Å². The van der Waals surface area contributed by atoms with Crippen LogP contribution in [-0.4, -0.2) is 95.2 Å². The van der Waals surface area contributed by atoms with Crippen LogP contribution in [-0.2, 0) is 9.47 Å². The molecular weight excluding hydrogens is 576 g/mol. The van der Waals surface area contributed by atoms with Crippen LogP contribution in [0.1, 0.15) is 16.8 Å². The molecule has 4 aromatic rings. The van der Waals surface area contributed by atoms with Gasteiger partial charge in [0.15, 0.2) is 28.7 Å². The summed E-state index contributed by atoms with van der Waals surface area (Å²) >= 11 is 0. The maximum Gasteiger partial charge on any atom is 0.295 e. The predicted octanol–water partition coefficient (Wildman–Crippen LogP) is -1.65. The molecule has 1 aliphatic rings. The van der Waals surface area contributed by atoms with Crippen LogP contribution in [0.15, 0.2) is 32.7 Å². The van der Waals surface area contributed by atoms with E-state index in [0.717, 1.165) is 21.7 Å². The number of hydrogen-bond acceptors (Lipinski definition) is 14. The van der Waals surface area contributed by atoms with Crippen molar-refractivity contribution in [1.82, 2.24) is 24.1 Å². The molecule has 11 N–H and O–H groups in total. The van der Waals surface area contributed by atoms with Gasteiger partial charge < -0.3 is 56.4 Å². The smallest absolute Gasteiger partial charge is 0.295 e. The molecule has 0 aromatic carbocycles. The molecule has 230 valence electrons. The van der Waals surface area contributed by atoms with Crippen LogP contribution in [0, 0.1) is 0 Å². The van der Waals surface area contributed by atoms with Gasteiger partial charge in [-0.05, 0) is 12.1 Å². The first-order valence-corrected chi connectivity index (χ1v) is 12.3. The SMILES string of the molecule is CNc1c(O)c(Nc2cccn(-c3[nH]c(=O)c(O)c(O)c3O)c2=O)nc2c(C(N)=O)c(=O)[nH]n12.COC1CC(OC)C1O. The molecule has 0 saturated heterocycles. The molecule has 1 amide bonds. The number of pyridine rings is 2. The lowest BCUT2D eigenvalue weighted by atomic mass is 9.88. The molecule has 43 heavy (non-hydrogen) atoms. The van der Waals surface area contributed by atoms with E-state index in [-0.39, 0.29) is 35.2 Å². The third-order valence-corrected chi connectivity index (χ3v) is 6.64. The molecule has 5 rings (SSSR count). The molecule has 0 aliphatic heterocycles. The molecule has 1 fully saturated rings. The Kier molecular flexibility index (Phi) is 8.32. The number of primary amides is 1. The number of amides is 1. The molecule has 1 saturated carbocycles. The number of aliphatic hydroxyl groups is 1. The summed E-state index contributed by atoms with van der Waals surface area (Å²) in [5.74, 6) is -5.89. The van der Waals surface area contributed by atoms with Crippen LogP contribution >= 0.6 is 0 Å². The highest BCUT2D eigenvalue weighted by Gasteiger charge is 2.40. The summed E-state index contributed by atoms with van der Waals surface area (Å²) in [5.41, 5.74) is 1.34. The highest BCUT2D eigenvalue weighted by atomic mass is 16.5. The molecule has 19 heteroatoms. The quantitative estimate of drug-likeness (QED) is 0.113. The number of carbonyl (C=O) groups excluding carboxylic acids is 1. The fourth-order valence-electron chi connectivity index (χ4n) is 4.26. The van der Waals surface area contributed by atoms with Crippen molar-refractivity contribution in [3.63, 3.8) is 0 Å². The number of H-pyrrole nitrogens is 2. The summed E-state index contributed by atoms with van der Waals surface area (Å²) < 4.78 is 11.5. The number of nitrogens with one attached hydrogen (secondary N) is 4. The van der Waals surface area contributed by atoms with Gasteiger partial charge in [-0.3, -0.25) is 28.8 Å². The van der Waals surface area contributed by atoms with Gasteiger partial charge in [0.05, 0.1) is 12.2 Å². The standard InChI is InChI=1S/C18H16N8O8.C6H12O3/c1-20-14-10(30)12(22-13-6(11(19)31)16(32)24-26(13)14)21-5-3-2-4-25(18(5)34)15-8(28)7(27)9(29)17(33)23-15;1-8-4-3-5(9-2)6(4)7/h2-4,20,28-30H,1H3,(H2,19,31)(H,21,22)(H,24,32)(H2,23,27,33);4-7H,3H2,1-2H3. The van der Waals surface area contributed by atoms with Gasteiger partial charge in [-0.15, -0.1) is 0 Å². The zero-order valence-electron chi connectivity index (χ0n) is 22.8. The van der Waals surface area contributed by atoms with Crippen LogP contribution < -0.4 is 33.0 Å². The van der Waals surface area contributed by atoms with E-state index in [1.165, 1.54) is 19.2 Å². The van der Waals surface area contributed by atoms with Gasteiger partial charge >= 0.3 is 0 Å². The molecule has 1 aliphatic carbocycles. The van der Waals surface area contributed by atoms with Crippen LogP contribution in [0.2, 0.25) is 0 Å². The lowest BCUT2D eigenvalue weighted by Gasteiger charge is -2.38. The van der Waals surface area contributed by atoms with Crippen molar-refractivity contribution in [3.05, 3.63) is 55.0 Å². The summed E-state index contributed by atoms with van der Waals surface area (Å²) in [6, 6.07) is 2.58. The second kappa shape index (κ2) is 11.8. The Morgan fingerprint density at radius 1 is 1.05 bits per heavy atom. The van der Waals surface area contributed by atoms with Gasteiger partial charge in [0.2, 0.25) is 23.0 Å². The summed E-state index contributed by atoms with van der Waals surface area (Å²) in [6.07, 6.45) is 1.53. The molecule has 4 heterocycles. The van der Waals surface area contributed by atoms with E-state index in [2.05, 4.69) is 25.7 Å². The van der Waals surface area contributed by atoms with Crippen LogP contribution in [0.3, 0.4) is 0 Å². The molecule has 0 spiro atoms. The number of hydrogen-bond donors (Lipinski definition) is 10. The van der Waals surface area contributed by atoms with Crippen molar-refractivity contribution in [3.8, 4) is 28.8 Å². The number of aromatic amines is 2. The zero-order valence-corrected chi connectivity index (χ0v) is 22.8. The first-order chi connectivity index (χ1) is 20.4. The average molecular weight is 605 g/mol. The van der Waals surface area contributed by atoms with Crippen molar-refractivity contribution in [2.45, 2.75) is 24.7 Å². The molecule has 0 bridgehead atoms. The predicted molar refractivity (Wildman–Crippen MR) is 149 cm³/mol. The average Bonchev–Trinajstić information content (AvgIpc) is 3.30. The second-order valence-corrected chi connectivity index (χ2v) is 9.09. The molecule has 19 nitrogen and oxygen atoms in total. The Balaban J connectivity index is 0.000000403. The minimum Gasteiger partial charge on any atom is -0.502 e. The number of ether oxygens (including phenoxy) is 2. The highest BCUT2D eigenvalue weighted by Crippen LogP contribution is 2.35. The highest BCUT2D eigenvalue weighted by molar-refractivity contribution is 5.99. The largest absolute Gasteiger partial charge is 0.502 e. The van der Waals surface area contributed by atoms with Crippen LogP contribution in [0.5, 0.6) is 23.0 Å². The van der Waals surface area contributed by atoms with E-state index >= 15 is 0 Å². The fourth-order valence-corrected chi connectivity index (χ4v) is 4.26. The first-order valence-electron chi connectivity index (χ1n) is 12.3. The Bertz CT molecular complexity index is 1870. The molecule has 2 unspecified atom stereocenters. The van der Waals surface area contributed by atoms with E-state index in [0.29, 0.717) is 0 Å². The first kappa shape index (κ1) is 30.4. The number of anilines is 3. The Morgan fingerprint density at radius 3 is 2.26 bits per heavy atom. The maximum atomic E-state index is 13.0. The summed E-state index contributed by atoms with van der Waals surface area (Å²) in [5, 5.41) is 56.5. The van der Waals surface area contributed by atoms with Crippen molar-refractivity contribution >= 4 is 28.9 Å². The Hall–Kier alpha value is -5.53. The zero-order chi connectivity index (χ0) is 31.7. The fraction of sp³-hybridized carbons (Fsp3) is 0.292. The second-order valence-electron chi connectivity index (χ2n) is 9.09. The number of carbonyl (C=O) groups is 1. The summed E-state index contributed by atoms with van der Waals surface area (Å²) in [6.45, 7) is 0. The third kappa shape index (κ3) is 5.29. The van der Waals surface area contributed by atoms with E-state index in [1.54, 1.807) is 14.2 Å². The normalized spacial score (nSPS) is 17.5. The summed E-state index contributed by atoms with van der Waals surface area (Å²) in [7, 11) is 4.60. The van der Waals surface area contributed by atoms with Crippen LogP contribution in [0.4, 0.5) is 17.3 Å². The van der Waals surface area contributed by atoms with Crippen molar-refractivity contribution in [2.75, 3.05) is 31.9 Å². The van der Waals surface area contributed by atoms with Gasteiger partial charge in [-0.25, -0.2) is 9.50 Å². The number of nitrogens with two attached hydrogens (primary N) is 1.